The number of carbonyl (C=O) groups excluding carboxylic acids is 3. The van der Waals surface area contributed by atoms with Gasteiger partial charge in [0, 0.05) is 29.7 Å². The third kappa shape index (κ3) is 3.06. The van der Waals surface area contributed by atoms with Gasteiger partial charge in [-0.05, 0) is 56.2 Å². The second-order valence-corrected chi connectivity index (χ2v) is 9.24. The van der Waals surface area contributed by atoms with Gasteiger partial charge in [0.1, 0.15) is 11.4 Å². The summed E-state index contributed by atoms with van der Waals surface area (Å²) < 4.78 is 28.7. The molecule has 0 bridgehead atoms. The van der Waals surface area contributed by atoms with Gasteiger partial charge in [0.05, 0.1) is 11.1 Å². The maximum Gasteiger partial charge on any atom is 0.293 e. The van der Waals surface area contributed by atoms with Gasteiger partial charge >= 0.3 is 0 Å². The highest BCUT2D eigenvalue weighted by Crippen LogP contribution is 2.54. The Balaban J connectivity index is 1.31. The summed E-state index contributed by atoms with van der Waals surface area (Å²) in [5, 5.41) is 15.6. The summed E-state index contributed by atoms with van der Waals surface area (Å²) in [4.78, 5) is 39.5. The fraction of sp³-hybridized carbons (Fsp3) is 0.348. The summed E-state index contributed by atoms with van der Waals surface area (Å²) >= 11 is 0. The van der Waals surface area contributed by atoms with E-state index in [1.54, 1.807) is 13.1 Å². The molecule has 2 aromatic heterocycles. The molecule has 11 heteroatoms. The van der Waals surface area contributed by atoms with Crippen LogP contribution in [0.2, 0.25) is 0 Å². The zero-order valence-electron chi connectivity index (χ0n) is 18.1. The normalized spacial score (nSPS) is 20.9. The number of nitrogens with one attached hydrogen (secondary N) is 3. The second kappa shape index (κ2) is 7.05. The molecule has 2 saturated carbocycles. The highest BCUT2D eigenvalue weighted by atomic mass is 19.2. The average Bonchev–Trinajstić information content (AvgIpc) is 3.59. The molecular formula is C23H20F2N6O3. The largest absolute Gasteiger partial charge is 0.338 e. The van der Waals surface area contributed by atoms with Gasteiger partial charge in [-0.1, -0.05) is 5.21 Å². The number of amides is 2. The van der Waals surface area contributed by atoms with Crippen LogP contribution in [0.25, 0.3) is 0 Å². The maximum atomic E-state index is 13.6. The minimum absolute atomic E-state index is 0.0916. The van der Waals surface area contributed by atoms with Gasteiger partial charge in [0.15, 0.2) is 11.6 Å². The van der Waals surface area contributed by atoms with E-state index in [-0.39, 0.29) is 23.0 Å². The maximum absolute atomic E-state index is 13.6. The Morgan fingerprint density at radius 1 is 1.21 bits per heavy atom. The predicted octanol–water partition coefficient (Wildman–Crippen LogP) is 2.55. The summed E-state index contributed by atoms with van der Waals surface area (Å²) in [5.41, 5.74) is 1.52. The highest BCUT2D eigenvalue weighted by Gasteiger charge is 2.52. The molecule has 1 unspecified atom stereocenters. The number of hydrogen-bond donors (Lipinski definition) is 3. The monoisotopic (exact) mass is 466 g/mol. The molecular weight excluding hydrogens is 446 g/mol. The number of anilines is 1. The average molecular weight is 466 g/mol. The third-order valence-corrected chi connectivity index (χ3v) is 7.06. The van der Waals surface area contributed by atoms with Crippen LogP contribution in [-0.2, 0) is 16.8 Å². The molecule has 3 aliphatic rings. The molecule has 2 atom stereocenters. The van der Waals surface area contributed by atoms with Gasteiger partial charge in [-0.3, -0.25) is 19.5 Å². The van der Waals surface area contributed by atoms with Gasteiger partial charge < -0.3 is 15.2 Å². The summed E-state index contributed by atoms with van der Waals surface area (Å²) in [5.74, 6) is -3.78. The van der Waals surface area contributed by atoms with Gasteiger partial charge in [0.2, 0.25) is 0 Å². The van der Waals surface area contributed by atoms with Crippen molar-refractivity contribution in [2.75, 3.05) is 5.32 Å². The summed E-state index contributed by atoms with van der Waals surface area (Å²) in [6.07, 6.45) is 4.39. The molecule has 34 heavy (non-hydrogen) atoms. The number of aromatic amines is 1. The molecule has 3 heterocycles. The third-order valence-electron chi connectivity index (χ3n) is 7.06. The van der Waals surface area contributed by atoms with E-state index in [1.807, 2.05) is 4.57 Å². The molecule has 0 radical (unpaired) electrons. The molecule has 2 amide bonds. The van der Waals surface area contributed by atoms with Crippen molar-refractivity contribution in [3.8, 4) is 0 Å². The number of fused-ring (bicyclic) bond motifs is 3. The lowest BCUT2D eigenvalue weighted by molar-refractivity contribution is -0.118. The Labute approximate surface area is 191 Å². The zero-order chi connectivity index (χ0) is 23.8. The molecule has 174 valence electrons. The predicted molar refractivity (Wildman–Crippen MR) is 114 cm³/mol. The lowest BCUT2D eigenvalue weighted by atomic mass is 10.0. The Hall–Kier alpha value is -3.89. The Morgan fingerprint density at radius 3 is 2.68 bits per heavy atom. The number of H-pyrrole nitrogens is 1. The van der Waals surface area contributed by atoms with Crippen molar-refractivity contribution < 1.29 is 23.2 Å². The quantitative estimate of drug-likeness (QED) is 0.381. The number of Topliss-reactive ketones (excluding diaryl/α,β-unsaturated/α-hetero) is 1. The summed E-state index contributed by atoms with van der Waals surface area (Å²) in [7, 11) is 0. The SMILES string of the molecule is Cc1c(C(=O)C(=O)NC2(c3c[nH]nn3)CC2)c2n(c1C(=O)Nc1ccc(F)c(F)c1)C1C[C@@H]1C2. The first-order valence-corrected chi connectivity index (χ1v) is 11.0. The number of benzene rings is 1. The van der Waals surface area contributed by atoms with Crippen molar-refractivity contribution in [2.45, 2.75) is 44.2 Å². The van der Waals surface area contributed by atoms with E-state index >= 15 is 0 Å². The van der Waals surface area contributed by atoms with Crippen LogP contribution >= 0.6 is 0 Å². The van der Waals surface area contributed by atoms with Crippen molar-refractivity contribution >= 4 is 23.3 Å². The van der Waals surface area contributed by atoms with E-state index in [2.05, 4.69) is 26.0 Å². The molecule has 9 nitrogen and oxygen atoms in total. The first kappa shape index (κ1) is 20.7. The van der Waals surface area contributed by atoms with E-state index < -0.39 is 34.8 Å². The van der Waals surface area contributed by atoms with E-state index in [0.717, 1.165) is 18.6 Å². The Morgan fingerprint density at radius 2 is 2.00 bits per heavy atom. The minimum Gasteiger partial charge on any atom is -0.338 e. The van der Waals surface area contributed by atoms with Crippen molar-refractivity contribution in [1.82, 2.24) is 25.3 Å². The van der Waals surface area contributed by atoms with Crippen LogP contribution in [0.4, 0.5) is 14.5 Å². The fourth-order valence-corrected chi connectivity index (χ4v) is 5.09. The lowest BCUT2D eigenvalue weighted by Gasteiger charge is -2.14. The number of carbonyl (C=O) groups is 3. The summed E-state index contributed by atoms with van der Waals surface area (Å²) in [6.45, 7) is 1.63. The van der Waals surface area contributed by atoms with Crippen LogP contribution in [0.5, 0.6) is 0 Å². The van der Waals surface area contributed by atoms with Crippen molar-refractivity contribution in [1.29, 1.82) is 0 Å². The number of halogens is 2. The smallest absolute Gasteiger partial charge is 0.293 e. The van der Waals surface area contributed by atoms with Gasteiger partial charge in [-0.15, -0.1) is 5.10 Å². The number of rotatable bonds is 6. The van der Waals surface area contributed by atoms with Crippen LogP contribution in [0.15, 0.2) is 24.4 Å². The molecule has 2 fully saturated rings. The molecule has 3 aromatic rings. The molecule has 3 N–H and O–H groups in total. The molecule has 1 aliphatic heterocycles. The first-order valence-electron chi connectivity index (χ1n) is 11.0. The van der Waals surface area contributed by atoms with Crippen LogP contribution in [0.1, 0.15) is 63.1 Å². The fourth-order valence-electron chi connectivity index (χ4n) is 5.09. The lowest BCUT2D eigenvalue weighted by Crippen LogP contribution is -2.40. The Bertz CT molecular complexity index is 1380. The second-order valence-electron chi connectivity index (χ2n) is 9.24. The van der Waals surface area contributed by atoms with Gasteiger partial charge in [-0.2, -0.15) is 0 Å². The van der Waals surface area contributed by atoms with Crippen molar-refractivity contribution in [3.05, 3.63) is 64.2 Å². The number of nitrogens with zero attached hydrogens (tertiary/aromatic N) is 3. The zero-order valence-corrected chi connectivity index (χ0v) is 18.1. The molecule has 0 spiro atoms. The van der Waals surface area contributed by atoms with E-state index in [4.69, 9.17) is 0 Å². The summed E-state index contributed by atoms with van der Waals surface area (Å²) in [6, 6.07) is 3.18. The van der Waals surface area contributed by atoms with E-state index in [1.165, 1.54) is 6.07 Å². The topological polar surface area (TPSA) is 122 Å². The van der Waals surface area contributed by atoms with Crippen molar-refractivity contribution in [3.63, 3.8) is 0 Å². The van der Waals surface area contributed by atoms with Crippen LogP contribution in [0.3, 0.4) is 0 Å². The van der Waals surface area contributed by atoms with Gasteiger partial charge in [0.25, 0.3) is 17.6 Å². The number of hydrogen-bond acceptors (Lipinski definition) is 5. The van der Waals surface area contributed by atoms with Crippen LogP contribution in [0, 0.1) is 24.5 Å². The minimum atomic E-state index is -1.08. The van der Waals surface area contributed by atoms with Crippen LogP contribution in [-0.4, -0.2) is 37.6 Å². The molecule has 6 rings (SSSR count). The number of ketones is 1. The molecule has 1 aromatic carbocycles. The van der Waals surface area contributed by atoms with E-state index in [0.29, 0.717) is 42.1 Å². The van der Waals surface area contributed by atoms with Crippen molar-refractivity contribution in [2.24, 2.45) is 5.92 Å². The number of aromatic nitrogens is 4. The molecule has 2 aliphatic carbocycles. The highest BCUT2D eigenvalue weighted by molar-refractivity contribution is 6.44. The van der Waals surface area contributed by atoms with Crippen LogP contribution < -0.4 is 10.6 Å². The molecule has 0 saturated heterocycles. The first-order chi connectivity index (χ1) is 16.3. The standard InChI is InChI=1S/C23H20F2N6O3/c1-10-18(20(32)22(34)28-23(4-5-23)17-9-26-30-29-17)16-7-11-6-15(11)31(16)19(10)21(33)27-12-2-3-13(24)14(25)8-12/h2-3,8-9,11,15H,4-7H2,1H3,(H,27,33)(H,28,34)(H,26,29,30)/t11-,15?/m1/s1. The van der Waals surface area contributed by atoms with E-state index in [9.17, 15) is 23.2 Å². The van der Waals surface area contributed by atoms with Gasteiger partial charge in [-0.25, -0.2) is 8.78 Å². The Kier molecular flexibility index (Phi) is 4.29.